The average Bonchev–Trinajstić information content (AvgIpc) is 2.45. The zero-order valence-electron chi connectivity index (χ0n) is 11.1. The Morgan fingerprint density at radius 2 is 1.68 bits per heavy atom. The van der Waals surface area contributed by atoms with Gasteiger partial charge in [0.2, 0.25) is 6.61 Å². The second-order valence-corrected chi connectivity index (χ2v) is 5.52. The fourth-order valence-electron chi connectivity index (χ4n) is 1.70. The van der Waals surface area contributed by atoms with Crippen LogP contribution in [0.15, 0.2) is 47.6 Å². The van der Waals surface area contributed by atoms with Gasteiger partial charge in [-0.05, 0) is 30.3 Å². The van der Waals surface area contributed by atoms with E-state index in [0.29, 0.717) is 31.9 Å². The number of carbonyl (C=O) groups is 1. The van der Waals surface area contributed by atoms with E-state index in [0.717, 1.165) is 0 Å². The third kappa shape index (κ3) is 4.37. The van der Waals surface area contributed by atoms with E-state index >= 15 is 0 Å². The van der Waals surface area contributed by atoms with Crippen molar-refractivity contribution in [3.05, 3.63) is 68.7 Å². The minimum atomic E-state index is -1.12. The van der Waals surface area contributed by atoms with E-state index in [9.17, 15) is 4.79 Å². The maximum absolute atomic E-state index is 10.6. The van der Waals surface area contributed by atoms with Crippen LogP contribution in [0.1, 0.15) is 11.1 Å². The lowest BCUT2D eigenvalue weighted by Gasteiger charge is -2.09. The quantitative estimate of drug-likeness (QED) is 0.632. The first-order valence-electron chi connectivity index (χ1n) is 6.10. The number of benzene rings is 2. The van der Waals surface area contributed by atoms with E-state index < -0.39 is 12.6 Å². The number of rotatable bonds is 5. The molecular formula is C15H10Cl3NO3. The SMILES string of the molecule is O=C(O)CON=C(c1ccc(Cl)cc1)c1ccc(Cl)cc1Cl. The van der Waals surface area contributed by atoms with Crippen LogP contribution < -0.4 is 0 Å². The van der Waals surface area contributed by atoms with E-state index in [-0.39, 0.29) is 0 Å². The van der Waals surface area contributed by atoms with E-state index in [1.165, 1.54) is 0 Å². The minimum absolute atomic E-state index is 0.375. The van der Waals surface area contributed by atoms with Gasteiger partial charge in [-0.25, -0.2) is 4.79 Å². The number of halogens is 3. The Hall–Kier alpha value is -1.75. The maximum Gasteiger partial charge on any atom is 0.344 e. The molecule has 2 aromatic carbocycles. The van der Waals surface area contributed by atoms with Crippen molar-refractivity contribution >= 4 is 46.5 Å². The molecule has 0 bridgehead atoms. The van der Waals surface area contributed by atoms with Gasteiger partial charge in [0.25, 0.3) is 0 Å². The van der Waals surface area contributed by atoms with Crippen LogP contribution >= 0.6 is 34.8 Å². The van der Waals surface area contributed by atoms with Gasteiger partial charge in [-0.3, -0.25) is 0 Å². The lowest BCUT2D eigenvalue weighted by molar-refractivity contribution is -0.142. The molecule has 0 amide bonds. The fourth-order valence-corrected chi connectivity index (χ4v) is 2.32. The van der Waals surface area contributed by atoms with Crippen LogP contribution in [0, 0.1) is 0 Å². The van der Waals surface area contributed by atoms with Crippen LogP contribution in [0.2, 0.25) is 15.1 Å². The number of aliphatic carboxylic acids is 1. The third-order valence-electron chi connectivity index (χ3n) is 2.65. The summed E-state index contributed by atoms with van der Waals surface area (Å²) in [6.07, 6.45) is 0. The minimum Gasteiger partial charge on any atom is -0.479 e. The molecule has 0 radical (unpaired) electrons. The Morgan fingerprint density at radius 3 is 2.27 bits per heavy atom. The second kappa shape index (κ2) is 7.49. The Labute approximate surface area is 141 Å². The number of carboxylic acids is 1. The highest BCUT2D eigenvalue weighted by Crippen LogP contribution is 2.24. The molecule has 7 heteroatoms. The highest BCUT2D eigenvalue weighted by atomic mass is 35.5. The molecule has 2 rings (SSSR count). The summed E-state index contributed by atoms with van der Waals surface area (Å²) in [5, 5.41) is 14.0. The van der Waals surface area contributed by atoms with Crippen molar-refractivity contribution < 1.29 is 14.7 Å². The predicted molar refractivity (Wildman–Crippen MR) is 87.1 cm³/mol. The highest BCUT2D eigenvalue weighted by Gasteiger charge is 2.13. The van der Waals surface area contributed by atoms with Crippen molar-refractivity contribution in [2.24, 2.45) is 5.16 Å². The van der Waals surface area contributed by atoms with Crippen molar-refractivity contribution in [1.29, 1.82) is 0 Å². The predicted octanol–water partition coefficient (Wildman–Crippen LogP) is 4.50. The van der Waals surface area contributed by atoms with Crippen molar-refractivity contribution in [1.82, 2.24) is 0 Å². The zero-order chi connectivity index (χ0) is 16.1. The maximum atomic E-state index is 10.6. The first-order valence-corrected chi connectivity index (χ1v) is 7.24. The molecule has 0 unspecified atom stereocenters. The van der Waals surface area contributed by atoms with Gasteiger partial charge in [-0.1, -0.05) is 52.1 Å². The van der Waals surface area contributed by atoms with Crippen LogP contribution in [0.4, 0.5) is 0 Å². The normalized spacial score (nSPS) is 11.3. The molecule has 0 heterocycles. The van der Waals surface area contributed by atoms with Crippen LogP contribution in [-0.2, 0) is 9.63 Å². The van der Waals surface area contributed by atoms with Crippen molar-refractivity contribution in [2.45, 2.75) is 0 Å². The van der Waals surface area contributed by atoms with Gasteiger partial charge in [0.05, 0.1) is 5.02 Å². The average molecular weight is 359 g/mol. The summed E-state index contributed by atoms with van der Waals surface area (Å²) in [6.45, 7) is -0.553. The lowest BCUT2D eigenvalue weighted by Crippen LogP contribution is -2.09. The van der Waals surface area contributed by atoms with Crippen molar-refractivity contribution in [3.8, 4) is 0 Å². The molecule has 0 aliphatic rings. The van der Waals surface area contributed by atoms with Gasteiger partial charge in [0, 0.05) is 21.2 Å². The smallest absolute Gasteiger partial charge is 0.344 e. The summed E-state index contributed by atoms with van der Waals surface area (Å²) >= 11 is 17.9. The molecule has 0 aliphatic carbocycles. The summed E-state index contributed by atoms with van der Waals surface area (Å²) in [5.74, 6) is -1.12. The van der Waals surface area contributed by atoms with Gasteiger partial charge < -0.3 is 9.94 Å². The zero-order valence-corrected chi connectivity index (χ0v) is 13.4. The first kappa shape index (κ1) is 16.6. The van der Waals surface area contributed by atoms with Gasteiger partial charge in [0.15, 0.2) is 0 Å². The summed E-state index contributed by atoms with van der Waals surface area (Å²) in [6, 6.07) is 11.8. The molecule has 0 spiro atoms. The largest absolute Gasteiger partial charge is 0.479 e. The van der Waals surface area contributed by atoms with Gasteiger partial charge >= 0.3 is 5.97 Å². The molecule has 2 aromatic rings. The molecule has 0 saturated heterocycles. The van der Waals surface area contributed by atoms with Crippen molar-refractivity contribution in [2.75, 3.05) is 6.61 Å². The monoisotopic (exact) mass is 357 g/mol. The van der Waals surface area contributed by atoms with E-state index in [2.05, 4.69) is 5.16 Å². The first-order chi connectivity index (χ1) is 10.5. The van der Waals surface area contributed by atoms with Crippen molar-refractivity contribution in [3.63, 3.8) is 0 Å². The molecule has 22 heavy (non-hydrogen) atoms. The van der Waals surface area contributed by atoms with Crippen LogP contribution in [0.25, 0.3) is 0 Å². The Kier molecular flexibility index (Phi) is 5.66. The number of oxime groups is 1. The van der Waals surface area contributed by atoms with Gasteiger partial charge in [-0.15, -0.1) is 0 Å². The Bertz CT molecular complexity index is 714. The van der Waals surface area contributed by atoms with E-state index in [4.69, 9.17) is 44.7 Å². The molecular weight excluding hydrogens is 349 g/mol. The molecule has 114 valence electrons. The molecule has 1 N–H and O–H groups in total. The third-order valence-corrected chi connectivity index (χ3v) is 3.45. The number of carboxylic acid groups (broad SMARTS) is 1. The summed E-state index contributed by atoms with van der Waals surface area (Å²) in [7, 11) is 0. The topological polar surface area (TPSA) is 58.9 Å². The molecule has 0 fully saturated rings. The molecule has 0 atom stereocenters. The standard InChI is InChI=1S/C15H10Cl3NO3/c16-10-3-1-9(2-4-10)15(19-22-8-14(20)21)12-6-5-11(17)7-13(12)18/h1-7H,8H2,(H,20,21). The molecule has 4 nitrogen and oxygen atoms in total. The second-order valence-electron chi connectivity index (χ2n) is 4.24. The van der Waals surface area contributed by atoms with Gasteiger partial charge in [-0.2, -0.15) is 0 Å². The number of nitrogens with zero attached hydrogens (tertiary/aromatic N) is 1. The van der Waals surface area contributed by atoms with Gasteiger partial charge in [0.1, 0.15) is 5.71 Å². The number of hydrogen-bond acceptors (Lipinski definition) is 3. The van der Waals surface area contributed by atoms with Crippen LogP contribution in [0.5, 0.6) is 0 Å². The van der Waals surface area contributed by atoms with Crippen LogP contribution in [-0.4, -0.2) is 23.4 Å². The fraction of sp³-hybridized carbons (Fsp3) is 0.0667. The lowest BCUT2D eigenvalue weighted by atomic mass is 10.0. The summed E-state index contributed by atoms with van der Waals surface area (Å²) < 4.78 is 0. The highest BCUT2D eigenvalue weighted by molar-refractivity contribution is 6.38. The molecule has 0 aliphatic heterocycles. The molecule has 0 aromatic heterocycles. The van der Waals surface area contributed by atoms with E-state index in [1.807, 2.05) is 0 Å². The number of hydrogen-bond donors (Lipinski definition) is 1. The summed E-state index contributed by atoms with van der Waals surface area (Å²) in [5.41, 5.74) is 1.64. The molecule has 0 saturated carbocycles. The van der Waals surface area contributed by atoms with Crippen LogP contribution in [0.3, 0.4) is 0 Å². The summed E-state index contributed by atoms with van der Waals surface area (Å²) in [4.78, 5) is 15.4. The Morgan fingerprint density at radius 1 is 1.05 bits per heavy atom. The van der Waals surface area contributed by atoms with E-state index in [1.54, 1.807) is 42.5 Å². The Balaban J connectivity index is 2.44.